The van der Waals surface area contributed by atoms with Crippen molar-refractivity contribution in [3.63, 3.8) is 0 Å². The predicted molar refractivity (Wildman–Crippen MR) is 44.1 cm³/mol. The summed E-state index contributed by atoms with van der Waals surface area (Å²) in [5.41, 5.74) is 0.787. The number of aromatic nitrogens is 3. The van der Waals surface area contributed by atoms with Gasteiger partial charge in [-0.2, -0.15) is 0 Å². The van der Waals surface area contributed by atoms with Gasteiger partial charge in [-0.15, -0.1) is 5.10 Å². The minimum absolute atomic E-state index is 0.149. The number of carbonyl (C=O) groups excluding carboxylic acids is 2. The molecule has 0 amide bonds. The number of rotatable bonds is 1. The second kappa shape index (κ2) is 3.21. The van der Waals surface area contributed by atoms with Crippen LogP contribution in [-0.4, -0.2) is 26.9 Å². The summed E-state index contributed by atoms with van der Waals surface area (Å²) in [7, 11) is 1.73. The molecule has 0 saturated carbocycles. The van der Waals surface area contributed by atoms with Crippen LogP contribution in [0.4, 0.5) is 0 Å². The van der Waals surface area contributed by atoms with Crippen molar-refractivity contribution in [2.24, 2.45) is 7.05 Å². The molecule has 2 rings (SSSR count). The van der Waals surface area contributed by atoms with Crippen molar-refractivity contribution in [2.45, 2.75) is 18.8 Å². The first-order valence-corrected chi connectivity index (χ1v) is 4.25. The minimum atomic E-state index is -0.479. The number of hydrogen-bond acceptors (Lipinski definition) is 5. The summed E-state index contributed by atoms with van der Waals surface area (Å²) in [6.45, 7) is 0. The fourth-order valence-electron chi connectivity index (χ4n) is 1.56. The summed E-state index contributed by atoms with van der Waals surface area (Å²) in [6.07, 6.45) is 2.00. The number of cyclic esters (lactones) is 2. The summed E-state index contributed by atoms with van der Waals surface area (Å²) in [5.74, 6) is -1.11. The van der Waals surface area contributed by atoms with Crippen LogP contribution >= 0.6 is 0 Å². The Hall–Kier alpha value is -1.72. The Kier molecular flexibility index (Phi) is 2.03. The Balaban J connectivity index is 2.23. The van der Waals surface area contributed by atoms with E-state index in [-0.39, 0.29) is 18.8 Å². The van der Waals surface area contributed by atoms with E-state index >= 15 is 0 Å². The van der Waals surface area contributed by atoms with E-state index in [2.05, 4.69) is 15.0 Å². The van der Waals surface area contributed by atoms with Crippen LogP contribution in [-0.2, 0) is 21.4 Å². The van der Waals surface area contributed by atoms with Crippen molar-refractivity contribution in [1.82, 2.24) is 15.0 Å². The fraction of sp³-hybridized carbons (Fsp3) is 0.500. The highest BCUT2D eigenvalue weighted by Crippen LogP contribution is 2.26. The molecular formula is C8H9N3O3. The molecular weight excluding hydrogens is 186 g/mol. The van der Waals surface area contributed by atoms with Gasteiger partial charge in [-0.3, -0.25) is 14.3 Å². The fourth-order valence-corrected chi connectivity index (χ4v) is 1.56. The molecule has 0 radical (unpaired) electrons. The molecule has 6 nitrogen and oxygen atoms in total. The standard InChI is InChI=1S/C8H9N3O3/c1-11-6(4-9-10-11)5-2-7(12)14-8(13)3-5/h4-5H,2-3H2,1H3. The van der Waals surface area contributed by atoms with Crippen LogP contribution in [0.25, 0.3) is 0 Å². The lowest BCUT2D eigenvalue weighted by Crippen LogP contribution is -2.25. The van der Waals surface area contributed by atoms with Gasteiger partial charge in [0.05, 0.1) is 24.7 Å². The zero-order valence-corrected chi connectivity index (χ0v) is 7.64. The third kappa shape index (κ3) is 1.50. The first-order chi connectivity index (χ1) is 6.66. The van der Waals surface area contributed by atoms with Gasteiger partial charge in [-0.05, 0) is 0 Å². The normalized spacial score (nSPS) is 18.4. The number of hydrogen-bond donors (Lipinski definition) is 0. The molecule has 1 aromatic rings. The van der Waals surface area contributed by atoms with E-state index in [0.29, 0.717) is 0 Å². The van der Waals surface area contributed by atoms with Crippen LogP contribution in [0.15, 0.2) is 6.20 Å². The molecule has 14 heavy (non-hydrogen) atoms. The lowest BCUT2D eigenvalue weighted by molar-refractivity contribution is -0.164. The molecule has 0 spiro atoms. The zero-order chi connectivity index (χ0) is 10.1. The molecule has 6 heteroatoms. The quantitative estimate of drug-likeness (QED) is 0.456. The Morgan fingerprint density at radius 2 is 2.07 bits per heavy atom. The molecule has 2 heterocycles. The summed E-state index contributed by atoms with van der Waals surface area (Å²) in [4.78, 5) is 22.0. The monoisotopic (exact) mass is 195 g/mol. The number of carbonyl (C=O) groups is 2. The summed E-state index contributed by atoms with van der Waals surface area (Å²) < 4.78 is 5.99. The molecule has 0 bridgehead atoms. The Morgan fingerprint density at radius 1 is 1.43 bits per heavy atom. The van der Waals surface area contributed by atoms with Crippen LogP contribution in [0, 0.1) is 0 Å². The van der Waals surface area contributed by atoms with Crippen LogP contribution in [0.1, 0.15) is 24.5 Å². The van der Waals surface area contributed by atoms with E-state index in [1.165, 1.54) is 0 Å². The molecule has 74 valence electrons. The van der Waals surface area contributed by atoms with Crippen molar-refractivity contribution >= 4 is 11.9 Å². The van der Waals surface area contributed by atoms with Gasteiger partial charge in [0.2, 0.25) is 0 Å². The molecule has 0 N–H and O–H groups in total. The van der Waals surface area contributed by atoms with Crippen LogP contribution in [0.5, 0.6) is 0 Å². The van der Waals surface area contributed by atoms with Gasteiger partial charge in [0.25, 0.3) is 0 Å². The van der Waals surface area contributed by atoms with Gasteiger partial charge in [0.1, 0.15) is 0 Å². The van der Waals surface area contributed by atoms with E-state index in [9.17, 15) is 9.59 Å². The van der Waals surface area contributed by atoms with Gasteiger partial charge >= 0.3 is 11.9 Å². The Morgan fingerprint density at radius 3 is 2.57 bits per heavy atom. The van der Waals surface area contributed by atoms with Crippen LogP contribution < -0.4 is 0 Å². The largest absolute Gasteiger partial charge is 0.393 e. The SMILES string of the molecule is Cn1nncc1C1CC(=O)OC(=O)C1. The number of ether oxygens (including phenoxy) is 1. The minimum Gasteiger partial charge on any atom is -0.393 e. The zero-order valence-electron chi connectivity index (χ0n) is 7.64. The van der Waals surface area contributed by atoms with E-state index in [1.54, 1.807) is 17.9 Å². The Labute approximate surface area is 79.8 Å². The van der Waals surface area contributed by atoms with Gasteiger partial charge in [-0.25, -0.2) is 0 Å². The molecule has 0 aliphatic carbocycles. The second-order valence-corrected chi connectivity index (χ2v) is 3.23. The smallest absolute Gasteiger partial charge is 0.314 e. The maximum atomic E-state index is 11.0. The van der Waals surface area contributed by atoms with Crippen molar-refractivity contribution in [1.29, 1.82) is 0 Å². The molecule has 0 unspecified atom stereocenters. The van der Waals surface area contributed by atoms with Gasteiger partial charge in [-0.1, -0.05) is 5.21 Å². The number of aryl methyl sites for hydroxylation is 1. The van der Waals surface area contributed by atoms with E-state index < -0.39 is 11.9 Å². The first kappa shape index (κ1) is 8.86. The molecule has 0 atom stereocenters. The van der Waals surface area contributed by atoms with E-state index in [0.717, 1.165) is 5.69 Å². The van der Waals surface area contributed by atoms with Crippen LogP contribution in [0.2, 0.25) is 0 Å². The topological polar surface area (TPSA) is 74.1 Å². The molecule has 1 fully saturated rings. The molecule has 0 aromatic carbocycles. The highest BCUT2D eigenvalue weighted by molar-refractivity contribution is 5.89. The average molecular weight is 195 g/mol. The summed E-state index contributed by atoms with van der Waals surface area (Å²) >= 11 is 0. The number of esters is 2. The van der Waals surface area contributed by atoms with Crippen molar-refractivity contribution in [2.75, 3.05) is 0 Å². The molecule has 1 aliphatic rings. The third-order valence-electron chi connectivity index (χ3n) is 2.22. The molecule has 1 aliphatic heterocycles. The highest BCUT2D eigenvalue weighted by Gasteiger charge is 2.30. The van der Waals surface area contributed by atoms with Crippen molar-refractivity contribution < 1.29 is 14.3 Å². The number of nitrogens with zero attached hydrogens (tertiary/aromatic N) is 3. The van der Waals surface area contributed by atoms with Crippen LogP contribution in [0.3, 0.4) is 0 Å². The summed E-state index contributed by atoms with van der Waals surface area (Å²) in [5, 5.41) is 7.44. The third-order valence-corrected chi connectivity index (χ3v) is 2.22. The van der Waals surface area contributed by atoms with Crippen molar-refractivity contribution in [3.8, 4) is 0 Å². The van der Waals surface area contributed by atoms with Gasteiger partial charge in [0, 0.05) is 13.0 Å². The van der Waals surface area contributed by atoms with Crippen molar-refractivity contribution in [3.05, 3.63) is 11.9 Å². The maximum absolute atomic E-state index is 11.0. The summed E-state index contributed by atoms with van der Waals surface area (Å²) in [6, 6.07) is 0. The Bertz CT molecular complexity index is 369. The lowest BCUT2D eigenvalue weighted by Gasteiger charge is -2.18. The van der Waals surface area contributed by atoms with Gasteiger partial charge in [0.15, 0.2) is 0 Å². The molecule has 1 saturated heterocycles. The predicted octanol–water partition coefficient (Wildman–Crippen LogP) is -0.238. The van der Waals surface area contributed by atoms with E-state index in [4.69, 9.17) is 0 Å². The van der Waals surface area contributed by atoms with Gasteiger partial charge < -0.3 is 4.74 Å². The molecule has 1 aromatic heterocycles. The lowest BCUT2D eigenvalue weighted by atomic mass is 9.96. The highest BCUT2D eigenvalue weighted by atomic mass is 16.6. The second-order valence-electron chi connectivity index (χ2n) is 3.23. The van der Waals surface area contributed by atoms with E-state index in [1.807, 2.05) is 0 Å². The average Bonchev–Trinajstić information content (AvgIpc) is 2.49. The first-order valence-electron chi connectivity index (χ1n) is 4.25. The maximum Gasteiger partial charge on any atom is 0.314 e.